The van der Waals surface area contributed by atoms with Gasteiger partial charge in [-0.15, -0.1) is 0 Å². The van der Waals surface area contributed by atoms with E-state index in [1.54, 1.807) is 0 Å². The molecule has 0 radical (unpaired) electrons. The molecule has 0 saturated heterocycles. The Hall–Kier alpha value is -1.24. The summed E-state index contributed by atoms with van der Waals surface area (Å²) in [6, 6.07) is 0. The molecule has 1 N–H and O–H groups in total. The second-order valence-electron chi connectivity index (χ2n) is 3.43. The number of hydrogen-bond donors (Lipinski definition) is 1. The lowest BCUT2D eigenvalue weighted by Crippen LogP contribution is -1.86. The van der Waals surface area contributed by atoms with Crippen molar-refractivity contribution in [2.24, 2.45) is 0 Å². The first-order valence-electron chi connectivity index (χ1n) is 4.67. The fourth-order valence-electron chi connectivity index (χ4n) is 1.48. The minimum atomic E-state index is 0.545. The molecule has 0 aromatic carbocycles. The van der Waals surface area contributed by atoms with E-state index in [0.717, 1.165) is 5.69 Å². The van der Waals surface area contributed by atoms with E-state index in [-0.39, 0.29) is 0 Å². The highest BCUT2D eigenvalue weighted by Crippen LogP contribution is 2.24. The Morgan fingerprint density at radius 2 is 2.15 bits per heavy atom. The van der Waals surface area contributed by atoms with E-state index in [2.05, 4.69) is 37.7 Å². The zero-order valence-electron chi connectivity index (χ0n) is 8.59. The molecule has 0 aliphatic rings. The van der Waals surface area contributed by atoms with Crippen molar-refractivity contribution < 1.29 is 0 Å². The third-order valence-electron chi connectivity index (χ3n) is 2.14. The molecule has 0 atom stereocenters. The molecule has 13 heavy (non-hydrogen) atoms. The van der Waals surface area contributed by atoms with Gasteiger partial charge in [-0.2, -0.15) is 0 Å². The van der Waals surface area contributed by atoms with Gasteiger partial charge in [0.25, 0.3) is 0 Å². The average Bonchev–Trinajstić information content (AvgIpc) is 2.48. The van der Waals surface area contributed by atoms with Crippen LogP contribution in [-0.2, 0) is 0 Å². The highest BCUT2D eigenvalue weighted by atomic mass is 14.7. The minimum Gasteiger partial charge on any atom is -0.361 e. The summed E-state index contributed by atoms with van der Waals surface area (Å²) in [5.74, 6) is 0.545. The van der Waals surface area contributed by atoms with Crippen molar-refractivity contribution in [3.63, 3.8) is 0 Å². The molecular formula is C12H17N. The van der Waals surface area contributed by atoms with Crippen molar-refractivity contribution in [3.8, 4) is 0 Å². The topological polar surface area (TPSA) is 15.8 Å². The predicted octanol–water partition coefficient (Wildman–Crippen LogP) is 3.81. The molecule has 0 bridgehead atoms. The molecule has 1 aromatic rings. The Morgan fingerprint density at radius 1 is 1.46 bits per heavy atom. The van der Waals surface area contributed by atoms with E-state index in [1.165, 1.54) is 11.1 Å². The number of nitrogens with one attached hydrogen (secondary N) is 1. The first-order chi connectivity index (χ1) is 6.20. The van der Waals surface area contributed by atoms with Crippen LogP contribution in [0.2, 0.25) is 0 Å². The molecule has 0 aliphatic carbocycles. The van der Waals surface area contributed by atoms with E-state index in [1.807, 2.05) is 19.1 Å². The Bertz CT molecular complexity index is 316. The number of H-pyrrole nitrogens is 1. The Kier molecular flexibility index (Phi) is 3.13. The van der Waals surface area contributed by atoms with Gasteiger partial charge in [0.2, 0.25) is 0 Å². The number of aromatic nitrogens is 1. The largest absolute Gasteiger partial charge is 0.361 e. The van der Waals surface area contributed by atoms with Crippen LogP contribution in [0.1, 0.15) is 43.5 Å². The van der Waals surface area contributed by atoms with Crippen LogP contribution in [-0.4, -0.2) is 4.98 Å². The normalized spacial score (nSPS) is 11.4. The van der Waals surface area contributed by atoms with Gasteiger partial charge in [-0.1, -0.05) is 32.6 Å². The fraction of sp³-hybridized carbons (Fsp3) is 0.333. The van der Waals surface area contributed by atoms with Crippen molar-refractivity contribution in [2.75, 3.05) is 0 Å². The molecule has 0 amide bonds. The van der Waals surface area contributed by atoms with Crippen LogP contribution in [0.25, 0.3) is 12.2 Å². The first-order valence-corrected chi connectivity index (χ1v) is 4.67. The molecule has 0 saturated carbocycles. The Labute approximate surface area is 80.2 Å². The fourth-order valence-corrected chi connectivity index (χ4v) is 1.48. The van der Waals surface area contributed by atoms with Gasteiger partial charge in [0.1, 0.15) is 0 Å². The number of aromatic amines is 1. The monoisotopic (exact) mass is 175 g/mol. The molecular weight excluding hydrogens is 158 g/mol. The Morgan fingerprint density at radius 3 is 2.62 bits per heavy atom. The lowest BCUT2D eigenvalue weighted by molar-refractivity contribution is 0.866. The predicted molar refractivity (Wildman–Crippen MR) is 59.7 cm³/mol. The standard InChI is InChI=1S/C12H17N/c1-5-7-12-10(6-2)11(8-13-12)9(3)4/h5-9,13H,2H2,1,3-4H3/b7-5-. The first kappa shape index (κ1) is 9.85. The van der Waals surface area contributed by atoms with Gasteiger partial charge in [0, 0.05) is 17.5 Å². The van der Waals surface area contributed by atoms with E-state index in [9.17, 15) is 0 Å². The van der Waals surface area contributed by atoms with E-state index >= 15 is 0 Å². The van der Waals surface area contributed by atoms with E-state index in [4.69, 9.17) is 0 Å². The molecule has 0 spiro atoms. The summed E-state index contributed by atoms with van der Waals surface area (Å²) in [4.78, 5) is 3.25. The summed E-state index contributed by atoms with van der Waals surface area (Å²) >= 11 is 0. The molecule has 1 rings (SSSR count). The maximum Gasteiger partial charge on any atom is 0.0453 e. The van der Waals surface area contributed by atoms with Crippen molar-refractivity contribution in [3.05, 3.63) is 35.7 Å². The highest BCUT2D eigenvalue weighted by molar-refractivity contribution is 5.65. The lowest BCUT2D eigenvalue weighted by atomic mass is 10.0. The van der Waals surface area contributed by atoms with Crippen LogP contribution in [0.4, 0.5) is 0 Å². The van der Waals surface area contributed by atoms with E-state index in [0.29, 0.717) is 5.92 Å². The lowest BCUT2D eigenvalue weighted by Gasteiger charge is -2.03. The summed E-state index contributed by atoms with van der Waals surface area (Å²) in [5, 5.41) is 0. The van der Waals surface area contributed by atoms with Crippen molar-refractivity contribution >= 4 is 12.2 Å². The second-order valence-corrected chi connectivity index (χ2v) is 3.43. The summed E-state index contributed by atoms with van der Waals surface area (Å²) in [5.41, 5.74) is 3.72. The molecule has 0 fully saturated rings. The minimum absolute atomic E-state index is 0.545. The van der Waals surface area contributed by atoms with Gasteiger partial charge in [0.15, 0.2) is 0 Å². The van der Waals surface area contributed by atoms with Crippen LogP contribution in [0, 0.1) is 0 Å². The quantitative estimate of drug-likeness (QED) is 0.719. The van der Waals surface area contributed by atoms with Gasteiger partial charge < -0.3 is 4.98 Å². The molecule has 1 heteroatoms. The van der Waals surface area contributed by atoms with Gasteiger partial charge in [-0.3, -0.25) is 0 Å². The number of allylic oxidation sites excluding steroid dienone is 1. The van der Waals surface area contributed by atoms with Crippen LogP contribution in [0.5, 0.6) is 0 Å². The third-order valence-corrected chi connectivity index (χ3v) is 2.14. The van der Waals surface area contributed by atoms with Crippen LogP contribution in [0.3, 0.4) is 0 Å². The number of hydrogen-bond acceptors (Lipinski definition) is 0. The maximum absolute atomic E-state index is 3.84. The van der Waals surface area contributed by atoms with Gasteiger partial charge in [0.05, 0.1) is 0 Å². The smallest absolute Gasteiger partial charge is 0.0453 e. The molecule has 0 unspecified atom stereocenters. The summed E-state index contributed by atoms with van der Waals surface area (Å²) in [7, 11) is 0. The SMILES string of the molecule is C=Cc1c(C(C)C)c[nH]c1/C=C\C. The molecule has 0 aliphatic heterocycles. The maximum atomic E-state index is 3.84. The molecule has 1 aromatic heterocycles. The van der Waals surface area contributed by atoms with Crippen molar-refractivity contribution in [1.82, 2.24) is 4.98 Å². The molecule has 70 valence electrons. The zero-order chi connectivity index (χ0) is 9.84. The summed E-state index contributed by atoms with van der Waals surface area (Å²) in [6.45, 7) is 10.2. The highest BCUT2D eigenvalue weighted by Gasteiger charge is 2.08. The summed E-state index contributed by atoms with van der Waals surface area (Å²) < 4.78 is 0. The van der Waals surface area contributed by atoms with Gasteiger partial charge >= 0.3 is 0 Å². The zero-order valence-corrected chi connectivity index (χ0v) is 8.59. The van der Waals surface area contributed by atoms with Crippen LogP contribution in [0.15, 0.2) is 18.9 Å². The van der Waals surface area contributed by atoms with Gasteiger partial charge in [-0.25, -0.2) is 0 Å². The third kappa shape index (κ3) is 1.92. The molecule has 1 nitrogen and oxygen atoms in total. The Balaban J connectivity index is 3.17. The second kappa shape index (κ2) is 4.13. The van der Waals surface area contributed by atoms with E-state index < -0.39 is 0 Å². The average molecular weight is 175 g/mol. The number of rotatable bonds is 3. The molecule has 1 heterocycles. The van der Waals surface area contributed by atoms with Crippen LogP contribution >= 0.6 is 0 Å². The van der Waals surface area contributed by atoms with Crippen molar-refractivity contribution in [2.45, 2.75) is 26.7 Å². The van der Waals surface area contributed by atoms with Gasteiger partial charge in [-0.05, 0) is 24.5 Å². The van der Waals surface area contributed by atoms with Crippen molar-refractivity contribution in [1.29, 1.82) is 0 Å². The summed E-state index contributed by atoms with van der Waals surface area (Å²) in [6.07, 6.45) is 8.09. The van der Waals surface area contributed by atoms with Crippen LogP contribution < -0.4 is 0 Å².